The van der Waals surface area contributed by atoms with Crippen molar-refractivity contribution in [1.82, 2.24) is 20.6 Å². The molecule has 0 fully saturated rings. The maximum absolute atomic E-state index is 4.32. The largest absolute Gasteiger partial charge is 0.372 e. The average Bonchev–Trinajstić information content (AvgIpc) is 2.49. The average molecular weight is 238 g/mol. The highest BCUT2D eigenvalue weighted by Crippen LogP contribution is 2.24. The van der Waals surface area contributed by atoms with Crippen LogP contribution in [0.1, 0.15) is 11.7 Å². The first-order chi connectivity index (χ1) is 8.95. The molecule has 0 amide bonds. The van der Waals surface area contributed by atoms with Gasteiger partial charge in [0.05, 0.1) is 0 Å². The summed E-state index contributed by atoms with van der Waals surface area (Å²) in [6, 6.07) is 10.0. The normalized spacial score (nSPS) is 18.3. The van der Waals surface area contributed by atoms with Crippen LogP contribution in [0.25, 0.3) is 11.4 Å². The summed E-state index contributed by atoms with van der Waals surface area (Å²) in [5, 5.41) is 6.69. The van der Waals surface area contributed by atoms with Gasteiger partial charge in [-0.2, -0.15) is 0 Å². The van der Waals surface area contributed by atoms with E-state index in [9.17, 15) is 0 Å². The summed E-state index contributed by atoms with van der Waals surface area (Å²) in [7, 11) is 0. The van der Waals surface area contributed by atoms with Gasteiger partial charge in [0.2, 0.25) is 0 Å². The molecule has 0 radical (unpaired) electrons. The first kappa shape index (κ1) is 10.9. The number of nitrogens with zero attached hydrogens (tertiary/aromatic N) is 2. The molecule has 1 aromatic heterocycles. The molecule has 0 aliphatic carbocycles. The van der Waals surface area contributed by atoms with Crippen molar-refractivity contribution in [2.45, 2.75) is 6.17 Å². The Morgan fingerprint density at radius 2 is 1.89 bits per heavy atom. The Morgan fingerprint density at radius 1 is 1.06 bits per heavy atom. The molecule has 4 heteroatoms. The molecule has 0 saturated carbocycles. The van der Waals surface area contributed by atoms with E-state index in [0.717, 1.165) is 23.5 Å². The van der Waals surface area contributed by atoms with Gasteiger partial charge in [-0.1, -0.05) is 30.3 Å². The van der Waals surface area contributed by atoms with Gasteiger partial charge in [-0.05, 0) is 17.8 Å². The summed E-state index contributed by atoms with van der Waals surface area (Å²) >= 11 is 0. The van der Waals surface area contributed by atoms with Gasteiger partial charge in [-0.15, -0.1) is 0 Å². The minimum absolute atomic E-state index is 0.106. The Morgan fingerprint density at radius 3 is 2.67 bits per heavy atom. The molecule has 2 aromatic rings. The lowest BCUT2D eigenvalue weighted by atomic mass is 10.0. The summed E-state index contributed by atoms with van der Waals surface area (Å²) in [5.74, 6) is 0.756. The number of aromatic nitrogens is 2. The van der Waals surface area contributed by atoms with Crippen LogP contribution < -0.4 is 10.6 Å². The van der Waals surface area contributed by atoms with Crippen molar-refractivity contribution < 1.29 is 0 Å². The van der Waals surface area contributed by atoms with Crippen molar-refractivity contribution in [3.63, 3.8) is 0 Å². The fraction of sp³-hybridized carbons (Fsp3) is 0.143. The summed E-state index contributed by atoms with van der Waals surface area (Å²) in [6.07, 6.45) is 7.67. The lowest BCUT2D eigenvalue weighted by Crippen LogP contribution is -2.35. The zero-order valence-electron chi connectivity index (χ0n) is 9.88. The monoisotopic (exact) mass is 238 g/mol. The lowest BCUT2D eigenvalue weighted by molar-refractivity contribution is 0.499. The number of hydrogen-bond donors (Lipinski definition) is 2. The third kappa shape index (κ3) is 2.10. The second-order valence-corrected chi connectivity index (χ2v) is 4.07. The molecular formula is C14H14N4. The van der Waals surface area contributed by atoms with Crippen LogP contribution in [-0.4, -0.2) is 16.5 Å². The summed E-state index contributed by atoms with van der Waals surface area (Å²) < 4.78 is 0. The van der Waals surface area contributed by atoms with Crippen molar-refractivity contribution >= 4 is 0 Å². The number of hydrogen-bond acceptors (Lipinski definition) is 4. The van der Waals surface area contributed by atoms with Crippen LogP contribution in [0, 0.1) is 0 Å². The van der Waals surface area contributed by atoms with Crippen molar-refractivity contribution in [2.75, 3.05) is 6.54 Å². The number of rotatable bonds is 2. The van der Waals surface area contributed by atoms with E-state index in [1.165, 1.54) is 0 Å². The lowest BCUT2D eigenvalue weighted by Gasteiger charge is -2.24. The highest BCUT2D eigenvalue weighted by atomic mass is 15.1. The highest BCUT2D eigenvalue weighted by Gasteiger charge is 2.16. The van der Waals surface area contributed by atoms with Crippen molar-refractivity contribution in [3.05, 3.63) is 60.6 Å². The molecule has 1 aliphatic rings. The quantitative estimate of drug-likeness (QED) is 0.838. The van der Waals surface area contributed by atoms with E-state index in [-0.39, 0.29) is 6.17 Å². The predicted octanol–water partition coefficient (Wildman–Crippen LogP) is 1.85. The van der Waals surface area contributed by atoms with E-state index in [0.29, 0.717) is 0 Å². The molecule has 18 heavy (non-hydrogen) atoms. The maximum atomic E-state index is 4.32. The SMILES string of the molecule is C1=CNC(c2ccccc2-c2ncccn2)NC1. The van der Waals surface area contributed by atoms with E-state index in [4.69, 9.17) is 0 Å². The fourth-order valence-electron chi connectivity index (χ4n) is 2.06. The van der Waals surface area contributed by atoms with Crippen LogP contribution in [0.15, 0.2) is 55.0 Å². The summed E-state index contributed by atoms with van der Waals surface area (Å²) in [6.45, 7) is 0.863. The third-order valence-electron chi connectivity index (χ3n) is 2.90. The smallest absolute Gasteiger partial charge is 0.159 e. The van der Waals surface area contributed by atoms with Gasteiger partial charge in [0.25, 0.3) is 0 Å². The Hall–Kier alpha value is -2.20. The van der Waals surface area contributed by atoms with Crippen LogP contribution >= 0.6 is 0 Å². The molecule has 1 aliphatic heterocycles. The first-order valence-electron chi connectivity index (χ1n) is 5.96. The molecule has 2 N–H and O–H groups in total. The topological polar surface area (TPSA) is 49.8 Å². The molecule has 4 nitrogen and oxygen atoms in total. The van der Waals surface area contributed by atoms with Gasteiger partial charge in [0.15, 0.2) is 5.82 Å². The molecule has 0 spiro atoms. The van der Waals surface area contributed by atoms with Crippen molar-refractivity contribution in [3.8, 4) is 11.4 Å². The number of nitrogens with one attached hydrogen (secondary N) is 2. The van der Waals surface area contributed by atoms with Gasteiger partial charge < -0.3 is 5.32 Å². The van der Waals surface area contributed by atoms with Crippen molar-refractivity contribution in [2.24, 2.45) is 0 Å². The molecule has 3 rings (SSSR count). The van der Waals surface area contributed by atoms with E-state index in [1.807, 2.05) is 30.5 Å². The number of benzene rings is 1. The molecule has 90 valence electrons. The predicted molar refractivity (Wildman–Crippen MR) is 70.5 cm³/mol. The highest BCUT2D eigenvalue weighted by molar-refractivity contribution is 5.60. The summed E-state index contributed by atoms with van der Waals surface area (Å²) in [4.78, 5) is 8.64. The standard InChI is InChI=1S/C14H14N4/c1-2-6-12(14-17-9-4-10-18-14)11(5-1)13-15-7-3-8-16-13/h1-9,14,17-18H,10H2. The van der Waals surface area contributed by atoms with E-state index in [2.05, 4.69) is 32.7 Å². The minimum Gasteiger partial charge on any atom is -0.372 e. The first-order valence-corrected chi connectivity index (χ1v) is 5.96. The van der Waals surface area contributed by atoms with Crippen LogP contribution in [0.2, 0.25) is 0 Å². The van der Waals surface area contributed by atoms with Crippen molar-refractivity contribution in [1.29, 1.82) is 0 Å². The molecule has 1 unspecified atom stereocenters. The van der Waals surface area contributed by atoms with Gasteiger partial charge in [0.1, 0.15) is 6.17 Å². The summed E-state index contributed by atoms with van der Waals surface area (Å²) in [5.41, 5.74) is 2.21. The molecule has 0 saturated heterocycles. The van der Waals surface area contributed by atoms with Gasteiger partial charge >= 0.3 is 0 Å². The van der Waals surface area contributed by atoms with Crippen LogP contribution in [0.3, 0.4) is 0 Å². The van der Waals surface area contributed by atoms with Gasteiger partial charge in [0, 0.05) is 24.5 Å². The van der Waals surface area contributed by atoms with E-state index in [1.54, 1.807) is 12.4 Å². The Labute approximate surface area is 106 Å². The van der Waals surface area contributed by atoms with Crippen LogP contribution in [-0.2, 0) is 0 Å². The van der Waals surface area contributed by atoms with E-state index < -0.39 is 0 Å². The molecule has 1 atom stereocenters. The zero-order chi connectivity index (χ0) is 12.2. The molecule has 1 aromatic carbocycles. The fourth-order valence-corrected chi connectivity index (χ4v) is 2.06. The second-order valence-electron chi connectivity index (χ2n) is 4.07. The molecule has 2 heterocycles. The third-order valence-corrected chi connectivity index (χ3v) is 2.90. The van der Waals surface area contributed by atoms with Gasteiger partial charge in [-0.25, -0.2) is 9.97 Å². The van der Waals surface area contributed by atoms with E-state index >= 15 is 0 Å². The maximum Gasteiger partial charge on any atom is 0.159 e. The van der Waals surface area contributed by atoms with Gasteiger partial charge in [-0.3, -0.25) is 5.32 Å². The minimum atomic E-state index is 0.106. The second kappa shape index (κ2) is 4.98. The zero-order valence-corrected chi connectivity index (χ0v) is 9.88. The Balaban J connectivity index is 2.02. The Bertz CT molecular complexity index is 551. The van der Waals surface area contributed by atoms with Crippen LogP contribution in [0.4, 0.5) is 0 Å². The molecule has 0 bridgehead atoms. The van der Waals surface area contributed by atoms with Crippen LogP contribution in [0.5, 0.6) is 0 Å². The molecular weight excluding hydrogens is 224 g/mol. The Kier molecular flexibility index (Phi) is 3.02.